The zero-order chi connectivity index (χ0) is 12.6. The van der Waals surface area contributed by atoms with Gasteiger partial charge < -0.3 is 9.47 Å². The van der Waals surface area contributed by atoms with Crippen LogP contribution in [0.4, 0.5) is 4.79 Å². The van der Waals surface area contributed by atoms with Crippen molar-refractivity contribution in [3.8, 4) is 0 Å². The maximum atomic E-state index is 10.7. The highest BCUT2D eigenvalue weighted by Crippen LogP contribution is 2.10. The van der Waals surface area contributed by atoms with Gasteiger partial charge in [-0.1, -0.05) is 28.1 Å². The first-order valence-electron chi connectivity index (χ1n) is 4.39. The quantitative estimate of drug-likeness (QED) is 0.589. The van der Waals surface area contributed by atoms with Crippen LogP contribution < -0.4 is 0 Å². The van der Waals surface area contributed by atoms with Crippen LogP contribution in [0.15, 0.2) is 28.7 Å². The smallest absolute Gasteiger partial charge is 0.438 e. The van der Waals surface area contributed by atoms with E-state index in [0.717, 1.165) is 10.0 Å². The number of carbonyl (C=O) groups excluding carboxylic acids is 2. The monoisotopic (exact) mass is 288 g/mol. The van der Waals surface area contributed by atoms with Gasteiger partial charge in [-0.3, -0.25) is 4.79 Å². The minimum Gasteiger partial charge on any atom is -0.438 e. The molecule has 4 nitrogen and oxygen atoms in total. The lowest BCUT2D eigenvalue weighted by Gasteiger charge is -1.92. The van der Waals surface area contributed by atoms with Crippen LogP contribution in [0, 0.1) is 0 Å². The molecule has 1 aromatic rings. The third-order valence-corrected chi connectivity index (χ3v) is 2.11. The molecule has 0 heterocycles. The summed E-state index contributed by atoms with van der Waals surface area (Å²) in [5.74, 6) is 0.104. The number of methoxy groups -OCH3 is 2. The van der Waals surface area contributed by atoms with Gasteiger partial charge >= 0.3 is 6.16 Å². The third kappa shape index (κ3) is 6.19. The molecule has 0 fully saturated rings. The first-order chi connectivity index (χ1) is 7.51. The summed E-state index contributed by atoms with van der Waals surface area (Å²) in [6.45, 7) is 1.56. The first-order valence-corrected chi connectivity index (χ1v) is 5.19. The summed E-state index contributed by atoms with van der Waals surface area (Å²) in [5.41, 5.74) is 0.753. The number of ether oxygens (including phenoxy) is 2. The minimum absolute atomic E-state index is 0.104. The molecule has 0 aliphatic carbocycles. The molecule has 16 heavy (non-hydrogen) atoms. The van der Waals surface area contributed by atoms with Crippen LogP contribution in [0.5, 0.6) is 0 Å². The fourth-order valence-corrected chi connectivity index (χ4v) is 1.03. The molecule has 5 heteroatoms. The Morgan fingerprint density at radius 3 is 1.75 bits per heavy atom. The number of halogens is 1. The normalized spacial score (nSPS) is 8.50. The van der Waals surface area contributed by atoms with Crippen molar-refractivity contribution in [2.75, 3.05) is 14.2 Å². The number of rotatable bonds is 1. The maximum absolute atomic E-state index is 10.7. The highest BCUT2D eigenvalue weighted by molar-refractivity contribution is 9.10. The van der Waals surface area contributed by atoms with E-state index in [9.17, 15) is 9.59 Å². The van der Waals surface area contributed by atoms with Gasteiger partial charge in [0.25, 0.3) is 0 Å². The second kappa shape index (κ2) is 7.87. The van der Waals surface area contributed by atoms with Crippen molar-refractivity contribution in [2.24, 2.45) is 0 Å². The van der Waals surface area contributed by atoms with Gasteiger partial charge in [-0.2, -0.15) is 0 Å². The van der Waals surface area contributed by atoms with Crippen LogP contribution in [0.1, 0.15) is 17.3 Å². The largest absolute Gasteiger partial charge is 0.507 e. The Labute approximate surface area is 103 Å². The van der Waals surface area contributed by atoms with E-state index in [1.165, 1.54) is 14.2 Å². The molecular formula is C11H13BrO4. The molecule has 0 aliphatic rings. The lowest BCUT2D eigenvalue weighted by Crippen LogP contribution is -1.97. The molecule has 0 N–H and O–H groups in total. The first kappa shape index (κ1) is 14.6. The number of ketones is 1. The van der Waals surface area contributed by atoms with E-state index in [1.54, 1.807) is 19.1 Å². The molecule has 1 aromatic carbocycles. The van der Waals surface area contributed by atoms with Crippen molar-refractivity contribution < 1.29 is 19.1 Å². The standard InChI is InChI=1S/C8H7BrO.C3H6O3/c1-6(10)7-2-4-8(9)5-3-7;1-5-3(4)6-2/h2-5H,1H3;1-2H3. The van der Waals surface area contributed by atoms with Crippen LogP contribution in [0.25, 0.3) is 0 Å². The fraction of sp³-hybridized carbons (Fsp3) is 0.273. The Morgan fingerprint density at radius 1 is 1.06 bits per heavy atom. The third-order valence-electron chi connectivity index (χ3n) is 1.58. The number of carbonyl (C=O) groups is 2. The van der Waals surface area contributed by atoms with E-state index in [1.807, 2.05) is 12.1 Å². The second-order valence-corrected chi connectivity index (χ2v) is 3.64. The Kier molecular flexibility index (Phi) is 7.20. The van der Waals surface area contributed by atoms with E-state index in [-0.39, 0.29) is 5.78 Å². The van der Waals surface area contributed by atoms with Crippen molar-refractivity contribution >= 4 is 27.9 Å². The minimum atomic E-state index is -0.657. The van der Waals surface area contributed by atoms with Gasteiger partial charge in [-0.15, -0.1) is 0 Å². The van der Waals surface area contributed by atoms with Crippen molar-refractivity contribution in [1.29, 1.82) is 0 Å². The molecule has 1 rings (SSSR count). The molecule has 0 spiro atoms. The maximum Gasteiger partial charge on any atom is 0.507 e. The lowest BCUT2D eigenvalue weighted by molar-refractivity contribution is 0.0923. The van der Waals surface area contributed by atoms with Gasteiger partial charge in [-0.25, -0.2) is 4.79 Å². The summed E-state index contributed by atoms with van der Waals surface area (Å²) < 4.78 is 9.07. The molecule has 0 unspecified atom stereocenters. The molecule has 0 atom stereocenters. The average Bonchev–Trinajstić information content (AvgIpc) is 2.29. The van der Waals surface area contributed by atoms with Gasteiger partial charge in [0.15, 0.2) is 5.78 Å². The SMILES string of the molecule is CC(=O)c1ccc(Br)cc1.COC(=O)OC. The summed E-state index contributed by atoms with van der Waals surface area (Å²) in [5, 5.41) is 0. The Hall–Kier alpha value is -1.36. The van der Waals surface area contributed by atoms with Gasteiger partial charge in [0.1, 0.15) is 0 Å². The van der Waals surface area contributed by atoms with Crippen molar-refractivity contribution in [2.45, 2.75) is 6.92 Å². The van der Waals surface area contributed by atoms with Crippen molar-refractivity contribution in [1.82, 2.24) is 0 Å². The number of benzene rings is 1. The highest BCUT2D eigenvalue weighted by atomic mass is 79.9. The zero-order valence-electron chi connectivity index (χ0n) is 9.32. The Balaban J connectivity index is 0.000000325. The van der Waals surface area contributed by atoms with Gasteiger partial charge in [0, 0.05) is 10.0 Å². The number of hydrogen-bond acceptors (Lipinski definition) is 4. The molecule has 0 saturated heterocycles. The van der Waals surface area contributed by atoms with Crippen molar-refractivity contribution in [3.05, 3.63) is 34.3 Å². The van der Waals surface area contributed by atoms with Crippen LogP contribution >= 0.6 is 15.9 Å². The summed E-state index contributed by atoms with van der Waals surface area (Å²) in [7, 11) is 2.51. The van der Waals surface area contributed by atoms with Crippen LogP contribution in [-0.2, 0) is 9.47 Å². The molecule has 0 amide bonds. The summed E-state index contributed by atoms with van der Waals surface area (Å²) in [4.78, 5) is 20.5. The topological polar surface area (TPSA) is 52.6 Å². The van der Waals surface area contributed by atoms with E-state index in [0.29, 0.717) is 0 Å². The Morgan fingerprint density at radius 2 is 1.50 bits per heavy atom. The lowest BCUT2D eigenvalue weighted by atomic mass is 10.2. The van der Waals surface area contributed by atoms with Gasteiger partial charge in [0.2, 0.25) is 0 Å². The van der Waals surface area contributed by atoms with Gasteiger partial charge in [-0.05, 0) is 19.1 Å². The molecule has 0 aromatic heterocycles. The van der Waals surface area contributed by atoms with Crippen LogP contribution in [-0.4, -0.2) is 26.2 Å². The Bertz CT molecular complexity index is 340. The van der Waals surface area contributed by atoms with Crippen LogP contribution in [0.2, 0.25) is 0 Å². The second-order valence-electron chi connectivity index (χ2n) is 2.72. The van der Waals surface area contributed by atoms with E-state index < -0.39 is 6.16 Å². The zero-order valence-corrected chi connectivity index (χ0v) is 10.9. The summed E-state index contributed by atoms with van der Waals surface area (Å²) in [6, 6.07) is 7.31. The molecule has 88 valence electrons. The van der Waals surface area contributed by atoms with E-state index >= 15 is 0 Å². The van der Waals surface area contributed by atoms with E-state index in [4.69, 9.17) is 0 Å². The highest BCUT2D eigenvalue weighted by Gasteiger charge is 1.95. The molecule has 0 aliphatic heterocycles. The molecule has 0 bridgehead atoms. The summed E-state index contributed by atoms with van der Waals surface area (Å²) >= 11 is 3.28. The van der Waals surface area contributed by atoms with Crippen LogP contribution in [0.3, 0.4) is 0 Å². The fourth-order valence-electron chi connectivity index (χ4n) is 0.768. The molecule has 0 saturated carbocycles. The average molecular weight is 289 g/mol. The number of Topliss-reactive ketones (excluding diaryl/α,β-unsaturated/α-hetero) is 1. The molecular weight excluding hydrogens is 276 g/mol. The van der Waals surface area contributed by atoms with Crippen molar-refractivity contribution in [3.63, 3.8) is 0 Å². The predicted molar refractivity (Wildman–Crippen MR) is 63.6 cm³/mol. The van der Waals surface area contributed by atoms with Gasteiger partial charge in [0.05, 0.1) is 14.2 Å². The molecule has 0 radical (unpaired) electrons. The predicted octanol–water partition coefficient (Wildman–Crippen LogP) is 3.05. The van der Waals surface area contributed by atoms with E-state index in [2.05, 4.69) is 25.4 Å². The summed E-state index contributed by atoms with van der Waals surface area (Å²) in [6.07, 6.45) is -0.657. The number of hydrogen-bond donors (Lipinski definition) is 0.